The summed E-state index contributed by atoms with van der Waals surface area (Å²) in [6, 6.07) is 5.86. The van der Waals surface area contributed by atoms with Crippen molar-refractivity contribution in [1.82, 2.24) is 0 Å². The first-order valence-corrected chi connectivity index (χ1v) is 7.16. The predicted molar refractivity (Wildman–Crippen MR) is 69.8 cm³/mol. The van der Waals surface area contributed by atoms with E-state index in [4.69, 9.17) is 16.3 Å². The summed E-state index contributed by atoms with van der Waals surface area (Å²) in [5.74, 6) is 0. The zero-order valence-electron chi connectivity index (χ0n) is 8.05. The second-order valence-corrected chi connectivity index (χ2v) is 5.58. The molecule has 0 spiro atoms. The lowest BCUT2D eigenvalue weighted by Gasteiger charge is -2.14. The summed E-state index contributed by atoms with van der Waals surface area (Å²) in [6.07, 6.45) is 2.75. The molecule has 1 heterocycles. The molecule has 1 saturated heterocycles. The van der Waals surface area contributed by atoms with Crippen molar-refractivity contribution in [2.45, 2.75) is 25.0 Å². The maximum Gasteiger partial charge on any atom is 0.0841 e. The van der Waals surface area contributed by atoms with Gasteiger partial charge in [-0.05, 0) is 30.5 Å². The maximum atomic E-state index is 5.90. The van der Waals surface area contributed by atoms with Crippen LogP contribution in [-0.2, 0) is 4.74 Å². The van der Waals surface area contributed by atoms with E-state index in [0.717, 1.165) is 27.7 Å². The van der Waals surface area contributed by atoms with Crippen LogP contribution in [0.15, 0.2) is 22.7 Å². The van der Waals surface area contributed by atoms with Gasteiger partial charge >= 0.3 is 0 Å². The first-order chi connectivity index (χ1) is 7.20. The Morgan fingerprint density at radius 1 is 1.40 bits per heavy atom. The molecule has 4 heteroatoms. The molecule has 0 aromatic heterocycles. The Bertz CT molecular complexity index is 356. The molecule has 1 aromatic rings. The summed E-state index contributed by atoms with van der Waals surface area (Å²) in [5.41, 5.74) is 1.20. The number of benzene rings is 1. The Kier molecular flexibility index (Phi) is 4.10. The fourth-order valence-electron chi connectivity index (χ4n) is 1.81. The van der Waals surface area contributed by atoms with Crippen LogP contribution in [0, 0.1) is 0 Å². The molecule has 1 fully saturated rings. The Labute approximate surface area is 111 Å². The van der Waals surface area contributed by atoms with Crippen molar-refractivity contribution < 1.29 is 4.74 Å². The van der Waals surface area contributed by atoms with Gasteiger partial charge in [-0.1, -0.05) is 49.5 Å². The molecule has 1 nitrogen and oxygen atoms in total. The fourth-order valence-corrected chi connectivity index (χ4v) is 3.22. The highest BCUT2D eigenvalue weighted by Gasteiger charge is 2.26. The third-order valence-electron chi connectivity index (χ3n) is 2.59. The van der Waals surface area contributed by atoms with Gasteiger partial charge in [-0.2, -0.15) is 0 Å². The molecule has 2 unspecified atom stereocenters. The average Bonchev–Trinajstić information content (AvgIpc) is 2.66. The fraction of sp³-hybridized carbons (Fsp3) is 0.455. The van der Waals surface area contributed by atoms with Gasteiger partial charge in [0.05, 0.1) is 12.2 Å². The van der Waals surface area contributed by atoms with Crippen molar-refractivity contribution in [2.24, 2.45) is 0 Å². The maximum absolute atomic E-state index is 5.90. The van der Waals surface area contributed by atoms with Crippen LogP contribution in [-0.4, -0.2) is 11.4 Å². The number of halogens is 3. The van der Waals surface area contributed by atoms with E-state index in [1.807, 2.05) is 18.2 Å². The van der Waals surface area contributed by atoms with Crippen LogP contribution in [0.2, 0.25) is 5.02 Å². The summed E-state index contributed by atoms with van der Waals surface area (Å²) >= 11 is 12.9. The molecule has 0 saturated carbocycles. The topological polar surface area (TPSA) is 9.23 Å². The second-order valence-electron chi connectivity index (χ2n) is 3.64. The molecule has 1 aromatic carbocycles. The van der Waals surface area contributed by atoms with E-state index in [2.05, 4.69) is 31.9 Å². The number of alkyl halides is 1. The molecular weight excluding hydrogens is 343 g/mol. The smallest absolute Gasteiger partial charge is 0.0841 e. The van der Waals surface area contributed by atoms with Crippen LogP contribution in [0.3, 0.4) is 0 Å². The van der Waals surface area contributed by atoms with Crippen LogP contribution >= 0.6 is 43.5 Å². The quantitative estimate of drug-likeness (QED) is 0.699. The van der Waals surface area contributed by atoms with Gasteiger partial charge in [0.2, 0.25) is 0 Å². The van der Waals surface area contributed by atoms with Gasteiger partial charge in [-0.3, -0.25) is 0 Å². The lowest BCUT2D eigenvalue weighted by atomic mass is 10.1. The van der Waals surface area contributed by atoms with Gasteiger partial charge < -0.3 is 4.74 Å². The molecule has 82 valence electrons. The van der Waals surface area contributed by atoms with Crippen molar-refractivity contribution >= 4 is 43.5 Å². The van der Waals surface area contributed by atoms with Crippen LogP contribution in [0.25, 0.3) is 0 Å². The minimum absolute atomic E-state index is 0.208. The van der Waals surface area contributed by atoms with E-state index in [9.17, 15) is 0 Å². The summed E-state index contributed by atoms with van der Waals surface area (Å²) in [4.78, 5) is 0. The van der Waals surface area contributed by atoms with E-state index < -0.39 is 0 Å². The Balaban J connectivity index is 2.17. The van der Waals surface area contributed by atoms with E-state index in [0.29, 0.717) is 6.10 Å². The summed E-state index contributed by atoms with van der Waals surface area (Å²) in [6.45, 7) is 0. The molecule has 2 rings (SSSR count). The van der Waals surface area contributed by atoms with E-state index in [-0.39, 0.29) is 6.10 Å². The van der Waals surface area contributed by atoms with Gasteiger partial charge in [-0.25, -0.2) is 0 Å². The van der Waals surface area contributed by atoms with Crippen molar-refractivity contribution in [1.29, 1.82) is 0 Å². The molecular formula is C11H11Br2ClO. The highest BCUT2D eigenvalue weighted by molar-refractivity contribution is 9.10. The van der Waals surface area contributed by atoms with Crippen molar-refractivity contribution in [3.63, 3.8) is 0 Å². The molecule has 15 heavy (non-hydrogen) atoms. The SMILES string of the molecule is Clc1ccc(C2CCC(CBr)O2)c(Br)c1. The highest BCUT2D eigenvalue weighted by atomic mass is 79.9. The molecule has 0 bridgehead atoms. The third kappa shape index (κ3) is 2.76. The van der Waals surface area contributed by atoms with Gasteiger partial charge in [0.25, 0.3) is 0 Å². The normalized spacial score (nSPS) is 25.8. The first-order valence-electron chi connectivity index (χ1n) is 4.87. The Morgan fingerprint density at radius 2 is 2.20 bits per heavy atom. The summed E-state index contributed by atoms with van der Waals surface area (Å²) in [7, 11) is 0. The van der Waals surface area contributed by atoms with Crippen molar-refractivity contribution in [2.75, 3.05) is 5.33 Å². The minimum Gasteiger partial charge on any atom is -0.369 e. The summed E-state index contributed by atoms with van der Waals surface area (Å²) in [5, 5.41) is 1.66. The number of ether oxygens (including phenoxy) is 1. The summed E-state index contributed by atoms with van der Waals surface area (Å²) < 4.78 is 6.93. The monoisotopic (exact) mass is 352 g/mol. The molecule has 0 radical (unpaired) electrons. The standard InChI is InChI=1S/C11H11Br2ClO/c12-6-8-2-4-11(15-8)9-3-1-7(14)5-10(9)13/h1,3,5,8,11H,2,4,6H2. The van der Waals surface area contributed by atoms with Crippen LogP contribution < -0.4 is 0 Å². The number of hydrogen-bond acceptors (Lipinski definition) is 1. The Morgan fingerprint density at radius 3 is 2.80 bits per heavy atom. The van der Waals surface area contributed by atoms with Crippen molar-refractivity contribution in [3.8, 4) is 0 Å². The van der Waals surface area contributed by atoms with Gasteiger partial charge in [0, 0.05) is 14.8 Å². The zero-order valence-corrected chi connectivity index (χ0v) is 12.0. The minimum atomic E-state index is 0.208. The number of hydrogen-bond donors (Lipinski definition) is 0. The van der Waals surface area contributed by atoms with Crippen LogP contribution in [0.4, 0.5) is 0 Å². The molecule has 0 amide bonds. The van der Waals surface area contributed by atoms with E-state index in [1.54, 1.807) is 0 Å². The Hall–Kier alpha value is 0.430. The van der Waals surface area contributed by atoms with Crippen molar-refractivity contribution in [3.05, 3.63) is 33.3 Å². The van der Waals surface area contributed by atoms with Gasteiger partial charge in [0.15, 0.2) is 0 Å². The molecule has 2 atom stereocenters. The zero-order chi connectivity index (χ0) is 10.8. The molecule has 0 aliphatic carbocycles. The third-order valence-corrected chi connectivity index (χ3v) is 4.23. The lowest BCUT2D eigenvalue weighted by molar-refractivity contribution is 0.0584. The van der Waals surface area contributed by atoms with E-state index >= 15 is 0 Å². The van der Waals surface area contributed by atoms with Gasteiger partial charge in [0.1, 0.15) is 0 Å². The lowest BCUT2D eigenvalue weighted by Crippen LogP contribution is -2.07. The number of rotatable bonds is 2. The van der Waals surface area contributed by atoms with E-state index in [1.165, 1.54) is 5.56 Å². The van der Waals surface area contributed by atoms with Crippen LogP contribution in [0.5, 0.6) is 0 Å². The molecule has 1 aliphatic heterocycles. The van der Waals surface area contributed by atoms with Gasteiger partial charge in [-0.15, -0.1) is 0 Å². The average molecular weight is 354 g/mol. The molecule has 0 N–H and O–H groups in total. The first kappa shape index (κ1) is 11.9. The largest absolute Gasteiger partial charge is 0.369 e. The molecule has 1 aliphatic rings. The highest BCUT2D eigenvalue weighted by Crippen LogP contribution is 2.37. The van der Waals surface area contributed by atoms with Crippen LogP contribution in [0.1, 0.15) is 24.5 Å². The second kappa shape index (κ2) is 5.17. The predicted octanol–water partition coefficient (Wildman–Crippen LogP) is 4.72.